The van der Waals surface area contributed by atoms with Crippen molar-refractivity contribution in [2.24, 2.45) is 0 Å². The minimum absolute atomic E-state index is 0.0659. The molecule has 5 heteroatoms. The highest BCUT2D eigenvalue weighted by Crippen LogP contribution is 2.27. The summed E-state index contributed by atoms with van der Waals surface area (Å²) in [5, 5.41) is 3.08. The van der Waals surface area contributed by atoms with Crippen molar-refractivity contribution < 1.29 is 9.53 Å². The number of ether oxygens (including phenoxy) is 1. The van der Waals surface area contributed by atoms with Crippen LogP contribution < -0.4 is 10.1 Å². The van der Waals surface area contributed by atoms with Gasteiger partial charge in [0.15, 0.2) is 0 Å². The van der Waals surface area contributed by atoms with Gasteiger partial charge in [0.25, 0.3) is 0 Å². The van der Waals surface area contributed by atoms with Crippen molar-refractivity contribution in [2.45, 2.75) is 51.8 Å². The van der Waals surface area contributed by atoms with E-state index in [1.54, 1.807) is 6.20 Å². The van der Waals surface area contributed by atoms with E-state index in [1.807, 2.05) is 63.2 Å². The number of rotatable bonds is 6. The highest BCUT2D eigenvalue weighted by molar-refractivity contribution is 5.83. The predicted octanol–water partition coefficient (Wildman–Crippen LogP) is 3.50. The molecule has 0 aliphatic carbocycles. The van der Waals surface area contributed by atoms with Gasteiger partial charge >= 0.3 is 0 Å². The molecule has 27 heavy (non-hydrogen) atoms. The van der Waals surface area contributed by atoms with E-state index in [9.17, 15) is 4.79 Å². The van der Waals surface area contributed by atoms with Gasteiger partial charge in [-0.15, -0.1) is 0 Å². The molecule has 1 aromatic carbocycles. The number of aromatic nitrogens is 1. The normalized spacial score (nSPS) is 16.9. The number of hydrogen-bond acceptors (Lipinski definition) is 4. The van der Waals surface area contributed by atoms with Crippen molar-refractivity contribution in [1.82, 2.24) is 15.2 Å². The number of carbonyl (C=O) groups is 1. The van der Waals surface area contributed by atoms with Crippen LogP contribution in [0.3, 0.4) is 0 Å². The molecule has 0 saturated carbocycles. The number of nitrogens with zero attached hydrogens (tertiary/aromatic N) is 2. The molecule has 2 heterocycles. The number of hydrogen-bond donors (Lipinski definition) is 1. The van der Waals surface area contributed by atoms with Gasteiger partial charge in [-0.05, 0) is 45.2 Å². The van der Waals surface area contributed by atoms with Crippen LogP contribution in [0.5, 0.6) is 5.88 Å². The van der Waals surface area contributed by atoms with Crippen molar-refractivity contribution in [3.8, 4) is 5.88 Å². The predicted molar refractivity (Wildman–Crippen MR) is 107 cm³/mol. The Balaban J connectivity index is 1.67. The number of benzene rings is 1. The second-order valence-electron chi connectivity index (χ2n) is 7.46. The standard InChI is InChI=1S/C22H29N3O2/c1-16(2)24-21(26)20(18-9-5-4-6-10-18)25-14-11-19(12-15-25)27-22-17(3)8-7-13-23-22/h4-10,13,16,19-20H,11-12,14-15H2,1-3H3,(H,24,26). The molecule has 144 valence electrons. The quantitative estimate of drug-likeness (QED) is 0.849. The summed E-state index contributed by atoms with van der Waals surface area (Å²) in [6.07, 6.45) is 3.67. The molecule has 0 spiro atoms. The summed E-state index contributed by atoms with van der Waals surface area (Å²) in [7, 11) is 0. The summed E-state index contributed by atoms with van der Waals surface area (Å²) in [5.41, 5.74) is 2.09. The lowest BCUT2D eigenvalue weighted by Gasteiger charge is -2.37. The Morgan fingerprint density at radius 3 is 2.48 bits per heavy atom. The second-order valence-corrected chi connectivity index (χ2v) is 7.46. The molecule has 2 aromatic rings. The first kappa shape index (κ1) is 19.4. The Kier molecular flexibility index (Phi) is 6.45. The lowest BCUT2D eigenvalue weighted by atomic mass is 9.99. The van der Waals surface area contributed by atoms with Gasteiger partial charge < -0.3 is 10.1 Å². The van der Waals surface area contributed by atoms with Gasteiger partial charge in [0.1, 0.15) is 12.1 Å². The third kappa shape index (κ3) is 5.07. The van der Waals surface area contributed by atoms with E-state index in [2.05, 4.69) is 15.2 Å². The minimum atomic E-state index is -0.258. The molecular weight excluding hydrogens is 338 g/mol. The average molecular weight is 367 g/mol. The third-order valence-corrected chi connectivity index (χ3v) is 4.88. The number of nitrogens with one attached hydrogen (secondary N) is 1. The smallest absolute Gasteiger partial charge is 0.242 e. The minimum Gasteiger partial charge on any atom is -0.474 e. The van der Waals surface area contributed by atoms with Crippen LogP contribution in [0.4, 0.5) is 0 Å². The SMILES string of the molecule is Cc1cccnc1OC1CCN(C(C(=O)NC(C)C)c2ccccc2)CC1. The van der Waals surface area contributed by atoms with Crippen LogP contribution in [0.2, 0.25) is 0 Å². The van der Waals surface area contributed by atoms with E-state index >= 15 is 0 Å². The van der Waals surface area contributed by atoms with Crippen LogP contribution in [0, 0.1) is 6.92 Å². The Labute approximate surface area is 161 Å². The highest BCUT2D eigenvalue weighted by Gasteiger charge is 2.32. The van der Waals surface area contributed by atoms with Gasteiger partial charge in [-0.2, -0.15) is 0 Å². The van der Waals surface area contributed by atoms with Gasteiger partial charge in [0, 0.05) is 30.9 Å². The summed E-state index contributed by atoms with van der Waals surface area (Å²) in [6, 6.07) is 13.8. The Morgan fingerprint density at radius 1 is 1.15 bits per heavy atom. The fourth-order valence-electron chi connectivity index (χ4n) is 3.53. The third-order valence-electron chi connectivity index (χ3n) is 4.88. The molecule has 1 aliphatic rings. The molecule has 1 saturated heterocycles. The van der Waals surface area contributed by atoms with Crippen LogP contribution in [0.15, 0.2) is 48.7 Å². The summed E-state index contributed by atoms with van der Waals surface area (Å²) < 4.78 is 6.11. The van der Waals surface area contributed by atoms with Gasteiger partial charge in [0.05, 0.1) is 0 Å². The first-order valence-electron chi connectivity index (χ1n) is 9.72. The van der Waals surface area contributed by atoms with Crippen LogP contribution in [0.1, 0.15) is 43.9 Å². The Bertz CT molecular complexity index is 740. The molecule has 0 bridgehead atoms. The first-order valence-corrected chi connectivity index (χ1v) is 9.72. The van der Waals surface area contributed by atoms with Crippen LogP contribution in [0.25, 0.3) is 0 Å². The van der Waals surface area contributed by atoms with Crippen molar-refractivity contribution in [3.05, 3.63) is 59.8 Å². The summed E-state index contributed by atoms with van der Waals surface area (Å²) >= 11 is 0. The molecule has 1 unspecified atom stereocenters. The first-order chi connectivity index (χ1) is 13.0. The molecule has 0 radical (unpaired) electrons. The number of piperidine rings is 1. The lowest BCUT2D eigenvalue weighted by Crippen LogP contribution is -2.47. The van der Waals surface area contributed by atoms with Crippen molar-refractivity contribution in [1.29, 1.82) is 0 Å². The molecular formula is C22H29N3O2. The highest BCUT2D eigenvalue weighted by atomic mass is 16.5. The topological polar surface area (TPSA) is 54.5 Å². The van der Waals surface area contributed by atoms with Gasteiger partial charge in [-0.1, -0.05) is 36.4 Å². The van der Waals surface area contributed by atoms with Crippen LogP contribution >= 0.6 is 0 Å². The molecule has 1 atom stereocenters. The van der Waals surface area contributed by atoms with Crippen molar-refractivity contribution >= 4 is 5.91 Å². The zero-order valence-electron chi connectivity index (χ0n) is 16.4. The zero-order chi connectivity index (χ0) is 19.2. The number of aryl methyl sites for hydroxylation is 1. The number of pyridine rings is 1. The monoisotopic (exact) mass is 367 g/mol. The number of carbonyl (C=O) groups excluding carboxylic acids is 1. The molecule has 1 N–H and O–H groups in total. The molecule has 1 aromatic heterocycles. The maximum Gasteiger partial charge on any atom is 0.242 e. The number of likely N-dealkylation sites (tertiary alicyclic amines) is 1. The van der Waals surface area contributed by atoms with E-state index in [0.717, 1.165) is 37.1 Å². The van der Waals surface area contributed by atoms with Crippen LogP contribution in [-0.2, 0) is 4.79 Å². The lowest BCUT2D eigenvalue weighted by molar-refractivity contribution is -0.128. The largest absolute Gasteiger partial charge is 0.474 e. The van der Waals surface area contributed by atoms with E-state index in [0.29, 0.717) is 5.88 Å². The van der Waals surface area contributed by atoms with Crippen LogP contribution in [-0.4, -0.2) is 41.0 Å². The van der Waals surface area contributed by atoms with Crippen molar-refractivity contribution in [3.63, 3.8) is 0 Å². The van der Waals surface area contributed by atoms with Gasteiger partial charge in [-0.3, -0.25) is 9.69 Å². The fraction of sp³-hybridized carbons (Fsp3) is 0.455. The molecule has 1 aliphatic heterocycles. The van der Waals surface area contributed by atoms with Gasteiger partial charge in [0.2, 0.25) is 11.8 Å². The Hall–Kier alpha value is -2.40. The second kappa shape index (κ2) is 9.00. The summed E-state index contributed by atoms with van der Waals surface area (Å²) in [5.74, 6) is 0.782. The van der Waals surface area contributed by atoms with Gasteiger partial charge in [-0.25, -0.2) is 4.98 Å². The van der Waals surface area contributed by atoms with E-state index in [4.69, 9.17) is 4.74 Å². The molecule has 1 amide bonds. The summed E-state index contributed by atoms with van der Waals surface area (Å²) in [6.45, 7) is 7.65. The zero-order valence-corrected chi connectivity index (χ0v) is 16.4. The average Bonchev–Trinajstić information content (AvgIpc) is 2.65. The molecule has 3 rings (SSSR count). The fourth-order valence-corrected chi connectivity index (χ4v) is 3.53. The summed E-state index contributed by atoms with van der Waals surface area (Å²) in [4.78, 5) is 19.5. The maximum absolute atomic E-state index is 12.9. The number of amides is 1. The van der Waals surface area contributed by atoms with E-state index in [1.165, 1.54) is 0 Å². The maximum atomic E-state index is 12.9. The molecule has 5 nitrogen and oxygen atoms in total. The molecule has 1 fully saturated rings. The van der Waals surface area contributed by atoms with E-state index in [-0.39, 0.29) is 24.1 Å². The Morgan fingerprint density at radius 2 is 1.85 bits per heavy atom. The van der Waals surface area contributed by atoms with Crippen molar-refractivity contribution in [2.75, 3.05) is 13.1 Å². The van der Waals surface area contributed by atoms with E-state index < -0.39 is 0 Å².